The van der Waals surface area contributed by atoms with Crippen LogP contribution in [-0.2, 0) is 20.8 Å². The highest BCUT2D eigenvalue weighted by Crippen LogP contribution is 2.24. The second kappa shape index (κ2) is 9.37. The van der Waals surface area contributed by atoms with Gasteiger partial charge in [0.15, 0.2) is 6.10 Å². The highest BCUT2D eigenvalue weighted by Gasteiger charge is 2.18. The fraction of sp³-hybridized carbons (Fsp3) is 0.562. The van der Waals surface area contributed by atoms with Gasteiger partial charge in [-0.05, 0) is 26.3 Å². The number of carbonyl (C=O) groups is 1. The van der Waals surface area contributed by atoms with Gasteiger partial charge < -0.3 is 19.5 Å². The van der Waals surface area contributed by atoms with Crippen LogP contribution in [0.15, 0.2) is 18.2 Å². The zero-order chi connectivity index (χ0) is 15.7. The Morgan fingerprint density at radius 2 is 2.14 bits per heavy atom. The van der Waals surface area contributed by atoms with Gasteiger partial charge in [0.25, 0.3) is 0 Å². The summed E-state index contributed by atoms with van der Waals surface area (Å²) >= 11 is 0. The molecule has 1 N–H and O–H groups in total. The van der Waals surface area contributed by atoms with Crippen molar-refractivity contribution in [1.29, 1.82) is 0 Å². The highest BCUT2D eigenvalue weighted by atomic mass is 16.6. The second-order valence-corrected chi connectivity index (χ2v) is 4.74. The molecule has 1 rings (SSSR count). The van der Waals surface area contributed by atoms with E-state index in [4.69, 9.17) is 14.2 Å². The van der Waals surface area contributed by atoms with Crippen molar-refractivity contribution in [1.82, 2.24) is 5.32 Å². The first kappa shape index (κ1) is 17.5. The molecule has 118 valence electrons. The summed E-state index contributed by atoms with van der Waals surface area (Å²) in [6, 6.07) is 5.93. The second-order valence-electron chi connectivity index (χ2n) is 4.74. The van der Waals surface area contributed by atoms with Crippen LogP contribution in [0.3, 0.4) is 0 Å². The van der Waals surface area contributed by atoms with Crippen molar-refractivity contribution in [2.75, 3.05) is 26.9 Å². The van der Waals surface area contributed by atoms with Crippen LogP contribution in [0, 0.1) is 6.92 Å². The van der Waals surface area contributed by atoms with Gasteiger partial charge in [-0.15, -0.1) is 0 Å². The Morgan fingerprint density at radius 1 is 1.38 bits per heavy atom. The molecule has 5 nitrogen and oxygen atoms in total. The molecule has 0 bridgehead atoms. The van der Waals surface area contributed by atoms with Crippen molar-refractivity contribution >= 4 is 5.97 Å². The maximum absolute atomic E-state index is 11.7. The first-order valence-corrected chi connectivity index (χ1v) is 7.21. The van der Waals surface area contributed by atoms with Crippen LogP contribution < -0.4 is 10.1 Å². The molecule has 1 unspecified atom stereocenters. The first-order chi connectivity index (χ1) is 10.1. The number of methoxy groups -OCH3 is 1. The molecule has 1 atom stereocenters. The lowest BCUT2D eigenvalue weighted by atomic mass is 10.1. The van der Waals surface area contributed by atoms with E-state index in [1.165, 1.54) is 0 Å². The molecule has 0 saturated heterocycles. The number of hydrogen-bond acceptors (Lipinski definition) is 5. The van der Waals surface area contributed by atoms with E-state index < -0.39 is 6.10 Å². The van der Waals surface area contributed by atoms with Crippen LogP contribution in [-0.4, -0.2) is 38.9 Å². The predicted molar refractivity (Wildman–Crippen MR) is 81.5 cm³/mol. The van der Waals surface area contributed by atoms with E-state index in [9.17, 15) is 4.79 Å². The van der Waals surface area contributed by atoms with Gasteiger partial charge in [0.05, 0.1) is 13.2 Å². The van der Waals surface area contributed by atoms with Gasteiger partial charge >= 0.3 is 5.97 Å². The molecule has 0 aromatic heterocycles. The number of nitrogens with one attached hydrogen (secondary N) is 1. The van der Waals surface area contributed by atoms with Crippen molar-refractivity contribution in [2.24, 2.45) is 0 Å². The van der Waals surface area contributed by atoms with Gasteiger partial charge in [0, 0.05) is 25.8 Å². The minimum atomic E-state index is -0.622. The van der Waals surface area contributed by atoms with E-state index >= 15 is 0 Å². The van der Waals surface area contributed by atoms with Crippen molar-refractivity contribution < 1.29 is 19.0 Å². The SMILES string of the molecule is CCOC(=O)C(C)Oc1c(C)cccc1CNCCOC. The van der Waals surface area contributed by atoms with E-state index in [2.05, 4.69) is 5.32 Å². The molecule has 21 heavy (non-hydrogen) atoms. The van der Waals surface area contributed by atoms with Crippen molar-refractivity contribution in [2.45, 2.75) is 33.4 Å². The van der Waals surface area contributed by atoms with Crippen LogP contribution >= 0.6 is 0 Å². The van der Waals surface area contributed by atoms with E-state index in [0.717, 1.165) is 23.4 Å². The number of esters is 1. The Morgan fingerprint density at radius 3 is 2.81 bits per heavy atom. The van der Waals surface area contributed by atoms with Crippen molar-refractivity contribution in [3.8, 4) is 5.75 Å². The number of hydrogen-bond donors (Lipinski definition) is 1. The maximum Gasteiger partial charge on any atom is 0.347 e. The molecular formula is C16H25NO4. The highest BCUT2D eigenvalue weighted by molar-refractivity contribution is 5.74. The van der Waals surface area contributed by atoms with E-state index in [0.29, 0.717) is 19.8 Å². The van der Waals surface area contributed by atoms with Gasteiger partial charge in [0.1, 0.15) is 5.75 Å². The third-order valence-corrected chi connectivity index (χ3v) is 3.01. The zero-order valence-electron chi connectivity index (χ0n) is 13.3. The Hall–Kier alpha value is -1.59. The summed E-state index contributed by atoms with van der Waals surface area (Å²) in [7, 11) is 1.67. The minimum absolute atomic E-state index is 0.348. The van der Waals surface area contributed by atoms with E-state index in [1.54, 1.807) is 21.0 Å². The molecule has 0 aliphatic rings. The van der Waals surface area contributed by atoms with E-state index in [-0.39, 0.29) is 5.97 Å². The Kier molecular flexibility index (Phi) is 7.79. The average Bonchev–Trinajstić information content (AvgIpc) is 2.46. The normalized spacial score (nSPS) is 12.0. The smallest absolute Gasteiger partial charge is 0.347 e. The summed E-state index contributed by atoms with van der Waals surface area (Å²) in [5, 5.41) is 3.28. The molecule has 5 heteroatoms. The maximum atomic E-state index is 11.7. The summed E-state index contributed by atoms with van der Waals surface area (Å²) in [4.78, 5) is 11.7. The quantitative estimate of drug-likeness (QED) is 0.558. The fourth-order valence-electron chi connectivity index (χ4n) is 1.90. The summed E-state index contributed by atoms with van der Waals surface area (Å²) in [6.07, 6.45) is -0.622. The number of benzene rings is 1. The topological polar surface area (TPSA) is 56.8 Å². The number of rotatable bonds is 9. The molecule has 0 radical (unpaired) electrons. The standard InChI is InChI=1S/C16H25NO4/c1-5-20-16(18)13(3)21-15-12(2)7-6-8-14(15)11-17-9-10-19-4/h6-8,13,17H,5,9-11H2,1-4H3. The van der Waals surface area contributed by atoms with Crippen LogP contribution in [0.4, 0.5) is 0 Å². The number of para-hydroxylation sites is 1. The lowest BCUT2D eigenvalue weighted by Gasteiger charge is -2.18. The molecule has 0 aliphatic heterocycles. The Labute approximate surface area is 126 Å². The Balaban J connectivity index is 2.73. The molecule has 1 aromatic carbocycles. The van der Waals surface area contributed by atoms with Gasteiger partial charge in [-0.25, -0.2) is 4.79 Å². The molecule has 0 spiro atoms. The fourth-order valence-corrected chi connectivity index (χ4v) is 1.90. The molecule has 0 amide bonds. The van der Waals surface area contributed by atoms with Crippen molar-refractivity contribution in [3.05, 3.63) is 29.3 Å². The summed E-state index contributed by atoms with van der Waals surface area (Å²) in [6.45, 7) is 7.88. The van der Waals surface area contributed by atoms with Crippen LogP contribution in [0.25, 0.3) is 0 Å². The van der Waals surface area contributed by atoms with Gasteiger partial charge in [-0.3, -0.25) is 0 Å². The summed E-state index contributed by atoms with van der Waals surface area (Å²) in [5.74, 6) is 0.391. The zero-order valence-corrected chi connectivity index (χ0v) is 13.3. The predicted octanol–water partition coefficient (Wildman–Crippen LogP) is 2.06. The molecule has 0 aliphatic carbocycles. The van der Waals surface area contributed by atoms with Crippen LogP contribution in [0.1, 0.15) is 25.0 Å². The monoisotopic (exact) mass is 295 g/mol. The molecule has 1 aromatic rings. The van der Waals surface area contributed by atoms with Gasteiger partial charge in [0.2, 0.25) is 0 Å². The van der Waals surface area contributed by atoms with E-state index in [1.807, 2.05) is 25.1 Å². The number of aryl methyl sites for hydroxylation is 1. The first-order valence-electron chi connectivity index (χ1n) is 7.21. The Bertz CT molecular complexity index is 448. The van der Waals surface area contributed by atoms with Gasteiger partial charge in [-0.1, -0.05) is 18.2 Å². The molecular weight excluding hydrogens is 270 g/mol. The van der Waals surface area contributed by atoms with Crippen LogP contribution in [0.5, 0.6) is 5.75 Å². The average molecular weight is 295 g/mol. The third-order valence-electron chi connectivity index (χ3n) is 3.01. The molecule has 0 fully saturated rings. The largest absolute Gasteiger partial charge is 0.478 e. The van der Waals surface area contributed by atoms with Crippen LogP contribution in [0.2, 0.25) is 0 Å². The number of carbonyl (C=O) groups excluding carboxylic acids is 1. The number of ether oxygens (including phenoxy) is 3. The lowest BCUT2D eigenvalue weighted by Crippen LogP contribution is -2.27. The third kappa shape index (κ3) is 5.73. The minimum Gasteiger partial charge on any atom is -0.478 e. The van der Waals surface area contributed by atoms with Gasteiger partial charge in [-0.2, -0.15) is 0 Å². The lowest BCUT2D eigenvalue weighted by molar-refractivity contribution is -0.150. The summed E-state index contributed by atoms with van der Waals surface area (Å²) in [5.41, 5.74) is 2.01. The molecule has 0 saturated carbocycles. The van der Waals surface area contributed by atoms with Crippen molar-refractivity contribution in [3.63, 3.8) is 0 Å². The molecule has 0 heterocycles. The summed E-state index contributed by atoms with van der Waals surface area (Å²) < 4.78 is 15.8.